The van der Waals surface area contributed by atoms with Gasteiger partial charge in [-0.2, -0.15) is 0 Å². The zero-order valence-electron chi connectivity index (χ0n) is 20.4. The number of hydrogen-bond donors (Lipinski definition) is 0. The molecule has 5 aromatic rings. The fraction of sp³-hybridized carbons (Fsp3) is 0.118. The number of benzene rings is 5. The summed E-state index contributed by atoms with van der Waals surface area (Å²) < 4.78 is 12.8. The molecule has 2 heteroatoms. The van der Waals surface area contributed by atoms with Crippen molar-refractivity contribution in [2.24, 2.45) is 0 Å². The maximum atomic E-state index is 6.39. The van der Waals surface area contributed by atoms with Crippen LogP contribution in [0.3, 0.4) is 0 Å². The Labute approximate surface area is 211 Å². The van der Waals surface area contributed by atoms with Gasteiger partial charge in [-0.05, 0) is 33.4 Å². The lowest BCUT2D eigenvalue weighted by molar-refractivity contribution is 0.392. The zero-order valence-corrected chi connectivity index (χ0v) is 20.4. The Bertz CT molecular complexity index is 1430. The largest absolute Gasteiger partial charge is 0.496 e. The van der Waals surface area contributed by atoms with Crippen molar-refractivity contribution in [2.45, 2.75) is 11.8 Å². The topological polar surface area (TPSA) is 18.5 Å². The maximum Gasteiger partial charge on any atom is 0.132 e. The summed E-state index contributed by atoms with van der Waals surface area (Å²) >= 11 is 0. The van der Waals surface area contributed by atoms with Gasteiger partial charge >= 0.3 is 0 Å². The van der Waals surface area contributed by atoms with Crippen LogP contribution in [0.15, 0.2) is 109 Å². The highest BCUT2D eigenvalue weighted by Gasteiger charge is 2.46. The molecular weight excluding hydrogens is 440 g/mol. The minimum Gasteiger partial charge on any atom is -0.496 e. The SMILES string of the molecule is COc1c(-c2ccccc2)c(-c2ccccc2)c(OC)c2c1C1c3ccccc3C2c2ccccc21. The number of rotatable bonds is 4. The van der Waals surface area contributed by atoms with Crippen LogP contribution >= 0.6 is 0 Å². The second-order valence-electron chi connectivity index (χ2n) is 9.50. The second-order valence-corrected chi connectivity index (χ2v) is 9.50. The Balaban J connectivity index is 1.68. The van der Waals surface area contributed by atoms with Crippen molar-refractivity contribution in [3.05, 3.63) is 143 Å². The summed E-state index contributed by atoms with van der Waals surface area (Å²) in [6.07, 6.45) is 0. The predicted molar refractivity (Wildman–Crippen MR) is 145 cm³/mol. The molecule has 0 aliphatic heterocycles. The third kappa shape index (κ3) is 2.79. The van der Waals surface area contributed by atoms with Crippen LogP contribution in [0.25, 0.3) is 22.3 Å². The standard InChI is InChI=1S/C34H26O2/c1-35-33-27(21-13-5-3-6-14-21)28(22-15-7-4-8-16-22)34(36-2)32-30-25-19-11-9-17-23(25)29(31(32)33)24-18-10-12-20-26(24)30/h3-20,29-30H,1-2H3. The van der Waals surface area contributed by atoms with Crippen molar-refractivity contribution < 1.29 is 9.47 Å². The molecule has 0 unspecified atom stereocenters. The van der Waals surface area contributed by atoms with E-state index < -0.39 is 0 Å². The summed E-state index contributed by atoms with van der Waals surface area (Å²) in [4.78, 5) is 0. The average molecular weight is 467 g/mol. The molecule has 0 N–H and O–H groups in total. The van der Waals surface area contributed by atoms with Crippen LogP contribution in [0, 0.1) is 0 Å². The molecular formula is C34H26O2. The molecule has 0 fully saturated rings. The van der Waals surface area contributed by atoms with Crippen LogP contribution in [0.5, 0.6) is 11.5 Å². The van der Waals surface area contributed by atoms with Crippen LogP contribution in [0.2, 0.25) is 0 Å². The number of ether oxygens (including phenoxy) is 2. The van der Waals surface area contributed by atoms with Gasteiger partial charge in [0.2, 0.25) is 0 Å². The number of methoxy groups -OCH3 is 2. The van der Waals surface area contributed by atoms with Gasteiger partial charge < -0.3 is 9.47 Å². The first-order valence-corrected chi connectivity index (χ1v) is 12.4. The van der Waals surface area contributed by atoms with Crippen LogP contribution < -0.4 is 9.47 Å². The molecule has 3 aliphatic carbocycles. The molecule has 5 aromatic carbocycles. The highest BCUT2D eigenvalue weighted by atomic mass is 16.5. The predicted octanol–water partition coefficient (Wildman–Crippen LogP) is 8.03. The minimum absolute atomic E-state index is 0.0912. The highest BCUT2D eigenvalue weighted by molar-refractivity contribution is 5.96. The molecule has 2 bridgehead atoms. The lowest BCUT2D eigenvalue weighted by Crippen LogP contribution is -2.29. The molecule has 0 atom stereocenters. The van der Waals surface area contributed by atoms with E-state index in [9.17, 15) is 0 Å². The van der Waals surface area contributed by atoms with Crippen LogP contribution in [-0.4, -0.2) is 14.2 Å². The van der Waals surface area contributed by atoms with E-state index in [-0.39, 0.29) is 11.8 Å². The van der Waals surface area contributed by atoms with Crippen molar-refractivity contribution >= 4 is 0 Å². The molecule has 174 valence electrons. The third-order valence-electron chi connectivity index (χ3n) is 7.83. The summed E-state index contributed by atoms with van der Waals surface area (Å²) in [5, 5.41) is 0. The molecule has 36 heavy (non-hydrogen) atoms. The Hall–Kier alpha value is -4.30. The van der Waals surface area contributed by atoms with E-state index in [1.165, 1.54) is 33.4 Å². The van der Waals surface area contributed by atoms with Gasteiger partial charge in [-0.3, -0.25) is 0 Å². The summed E-state index contributed by atoms with van der Waals surface area (Å²) in [6.45, 7) is 0. The average Bonchev–Trinajstić information content (AvgIpc) is 2.96. The first kappa shape index (κ1) is 21.0. The lowest BCUT2D eigenvalue weighted by atomic mass is 9.59. The molecule has 3 aliphatic rings. The highest BCUT2D eigenvalue weighted by Crippen LogP contribution is 2.64. The molecule has 8 rings (SSSR count). The van der Waals surface area contributed by atoms with E-state index in [2.05, 4.69) is 109 Å². The Morgan fingerprint density at radius 2 is 0.722 bits per heavy atom. The van der Waals surface area contributed by atoms with Crippen molar-refractivity contribution in [3.63, 3.8) is 0 Å². The Morgan fingerprint density at radius 1 is 0.417 bits per heavy atom. The Morgan fingerprint density at radius 3 is 1.03 bits per heavy atom. The van der Waals surface area contributed by atoms with E-state index in [1.54, 1.807) is 0 Å². The third-order valence-corrected chi connectivity index (χ3v) is 7.83. The van der Waals surface area contributed by atoms with Gasteiger partial charge in [-0.25, -0.2) is 0 Å². The van der Waals surface area contributed by atoms with E-state index in [4.69, 9.17) is 9.47 Å². The van der Waals surface area contributed by atoms with E-state index in [0.29, 0.717) is 0 Å². The van der Waals surface area contributed by atoms with Crippen molar-refractivity contribution in [1.82, 2.24) is 0 Å². The van der Waals surface area contributed by atoms with Crippen LogP contribution in [0.1, 0.15) is 45.2 Å². The molecule has 0 heterocycles. The van der Waals surface area contributed by atoms with Gasteiger partial charge in [0, 0.05) is 34.1 Å². The maximum absolute atomic E-state index is 6.39. The molecule has 0 saturated carbocycles. The molecule has 0 amide bonds. The molecule has 0 aromatic heterocycles. The summed E-state index contributed by atoms with van der Waals surface area (Å²) in [5.41, 5.74) is 12.3. The minimum atomic E-state index is 0.0912. The summed E-state index contributed by atoms with van der Waals surface area (Å²) in [5.74, 6) is 2.06. The van der Waals surface area contributed by atoms with Gasteiger partial charge in [-0.1, -0.05) is 109 Å². The van der Waals surface area contributed by atoms with Crippen molar-refractivity contribution in [2.75, 3.05) is 14.2 Å². The smallest absolute Gasteiger partial charge is 0.132 e. The summed E-state index contributed by atoms with van der Waals surface area (Å²) in [7, 11) is 3.62. The molecule has 0 spiro atoms. The quantitative estimate of drug-likeness (QED) is 0.261. The molecule has 2 nitrogen and oxygen atoms in total. The van der Waals surface area contributed by atoms with Crippen LogP contribution in [-0.2, 0) is 0 Å². The van der Waals surface area contributed by atoms with E-state index in [1.807, 2.05) is 14.2 Å². The first-order valence-electron chi connectivity index (χ1n) is 12.4. The van der Waals surface area contributed by atoms with E-state index >= 15 is 0 Å². The van der Waals surface area contributed by atoms with E-state index in [0.717, 1.165) is 33.8 Å². The lowest BCUT2D eigenvalue weighted by Gasteiger charge is -2.44. The van der Waals surface area contributed by atoms with Crippen LogP contribution in [0.4, 0.5) is 0 Å². The van der Waals surface area contributed by atoms with Gasteiger partial charge in [0.05, 0.1) is 14.2 Å². The monoisotopic (exact) mass is 466 g/mol. The van der Waals surface area contributed by atoms with Crippen molar-refractivity contribution in [1.29, 1.82) is 0 Å². The van der Waals surface area contributed by atoms with Crippen molar-refractivity contribution in [3.8, 4) is 33.8 Å². The van der Waals surface area contributed by atoms with Gasteiger partial charge in [0.25, 0.3) is 0 Å². The molecule has 0 radical (unpaired) electrons. The fourth-order valence-electron chi connectivity index (χ4n) is 6.53. The zero-order chi connectivity index (χ0) is 24.2. The summed E-state index contributed by atoms with van der Waals surface area (Å²) in [6, 6.07) is 38.9. The molecule has 0 saturated heterocycles. The normalized spacial score (nSPS) is 16.6. The van der Waals surface area contributed by atoms with Gasteiger partial charge in [-0.15, -0.1) is 0 Å². The first-order chi connectivity index (χ1) is 17.8. The number of hydrogen-bond acceptors (Lipinski definition) is 2. The van der Waals surface area contributed by atoms with Gasteiger partial charge in [0.1, 0.15) is 11.5 Å². The Kier molecular flexibility index (Phi) is 4.75. The fourth-order valence-corrected chi connectivity index (χ4v) is 6.53. The van der Waals surface area contributed by atoms with Gasteiger partial charge in [0.15, 0.2) is 0 Å². The second kappa shape index (κ2) is 8.13.